The van der Waals surface area contributed by atoms with E-state index in [-0.39, 0.29) is 0 Å². The zero-order valence-corrected chi connectivity index (χ0v) is 10.4. The molecule has 16 heavy (non-hydrogen) atoms. The Bertz CT molecular complexity index is 522. The minimum absolute atomic E-state index is 0.462. The van der Waals surface area contributed by atoms with E-state index in [2.05, 4.69) is 22.9 Å². The van der Waals surface area contributed by atoms with Crippen molar-refractivity contribution in [3.8, 4) is 11.3 Å². The third kappa shape index (κ3) is 2.11. The number of alkyl halides is 1. The lowest BCUT2D eigenvalue weighted by Crippen LogP contribution is -1.85. The van der Waals surface area contributed by atoms with E-state index >= 15 is 0 Å². The second-order valence-electron chi connectivity index (χ2n) is 3.39. The SMILES string of the molecule is CCc1ccc(-c2oc(=O)oc2CBr)cc1. The van der Waals surface area contributed by atoms with E-state index in [9.17, 15) is 4.79 Å². The highest BCUT2D eigenvalue weighted by Gasteiger charge is 2.13. The predicted molar refractivity (Wildman–Crippen MR) is 64.7 cm³/mol. The van der Waals surface area contributed by atoms with E-state index in [1.165, 1.54) is 5.56 Å². The Morgan fingerprint density at radius 2 is 1.88 bits per heavy atom. The molecule has 1 aromatic carbocycles. The molecule has 0 unspecified atom stereocenters. The van der Waals surface area contributed by atoms with Crippen molar-refractivity contribution in [3.63, 3.8) is 0 Å². The van der Waals surface area contributed by atoms with Gasteiger partial charge in [0, 0.05) is 5.56 Å². The molecule has 0 radical (unpaired) electrons. The van der Waals surface area contributed by atoms with Crippen LogP contribution in [0.5, 0.6) is 0 Å². The van der Waals surface area contributed by atoms with Gasteiger partial charge in [-0.05, 0) is 12.0 Å². The van der Waals surface area contributed by atoms with E-state index in [1.54, 1.807) is 0 Å². The summed E-state index contributed by atoms with van der Waals surface area (Å²) in [6.07, 6.45) is 0.987. The normalized spacial score (nSPS) is 10.6. The Morgan fingerprint density at radius 3 is 2.44 bits per heavy atom. The number of hydrogen-bond donors (Lipinski definition) is 0. The Hall–Kier alpha value is -1.29. The van der Waals surface area contributed by atoms with Crippen molar-refractivity contribution >= 4 is 15.9 Å². The molecule has 0 spiro atoms. The van der Waals surface area contributed by atoms with E-state index in [0.29, 0.717) is 16.9 Å². The van der Waals surface area contributed by atoms with Gasteiger partial charge in [-0.15, -0.1) is 0 Å². The lowest BCUT2D eigenvalue weighted by molar-refractivity contribution is 0.381. The van der Waals surface area contributed by atoms with Crippen molar-refractivity contribution in [2.75, 3.05) is 0 Å². The molecule has 2 rings (SSSR count). The van der Waals surface area contributed by atoms with Crippen molar-refractivity contribution in [2.24, 2.45) is 0 Å². The summed E-state index contributed by atoms with van der Waals surface area (Å²) in [6, 6.07) is 7.89. The van der Waals surface area contributed by atoms with Gasteiger partial charge >= 0.3 is 5.82 Å². The van der Waals surface area contributed by atoms with E-state index in [4.69, 9.17) is 8.83 Å². The van der Waals surface area contributed by atoms with Gasteiger partial charge in [0.15, 0.2) is 11.5 Å². The second-order valence-corrected chi connectivity index (χ2v) is 3.95. The molecule has 0 amide bonds. The highest BCUT2D eigenvalue weighted by atomic mass is 79.9. The fraction of sp³-hybridized carbons (Fsp3) is 0.250. The Labute approximate surface area is 101 Å². The van der Waals surface area contributed by atoms with Crippen molar-refractivity contribution in [3.05, 3.63) is 46.2 Å². The molecule has 0 aliphatic carbocycles. The maximum Gasteiger partial charge on any atom is 0.519 e. The van der Waals surface area contributed by atoms with Gasteiger partial charge in [0.1, 0.15) is 0 Å². The van der Waals surface area contributed by atoms with Crippen LogP contribution >= 0.6 is 15.9 Å². The van der Waals surface area contributed by atoms with Crippen LogP contribution in [0, 0.1) is 0 Å². The smallest absolute Gasteiger partial charge is 0.394 e. The number of hydrogen-bond acceptors (Lipinski definition) is 3. The molecule has 0 bridgehead atoms. The molecule has 0 fully saturated rings. The summed E-state index contributed by atoms with van der Waals surface area (Å²) < 4.78 is 9.92. The van der Waals surface area contributed by atoms with Crippen LogP contribution in [-0.2, 0) is 11.8 Å². The summed E-state index contributed by atoms with van der Waals surface area (Å²) in [7, 11) is 0. The fourth-order valence-electron chi connectivity index (χ4n) is 1.51. The average molecular weight is 283 g/mol. The van der Waals surface area contributed by atoms with Crippen LogP contribution in [0.15, 0.2) is 37.9 Å². The summed E-state index contributed by atoms with van der Waals surface area (Å²) in [5.74, 6) is 0.364. The highest BCUT2D eigenvalue weighted by molar-refractivity contribution is 9.08. The first-order chi connectivity index (χ1) is 7.74. The number of halogens is 1. The number of benzene rings is 1. The van der Waals surface area contributed by atoms with Crippen LogP contribution in [0.25, 0.3) is 11.3 Å². The molecule has 0 N–H and O–H groups in total. The van der Waals surface area contributed by atoms with Crippen molar-refractivity contribution in [1.82, 2.24) is 0 Å². The maximum atomic E-state index is 11.0. The molecule has 0 aliphatic rings. The van der Waals surface area contributed by atoms with Crippen molar-refractivity contribution in [2.45, 2.75) is 18.7 Å². The third-order valence-corrected chi connectivity index (χ3v) is 2.90. The lowest BCUT2D eigenvalue weighted by Gasteiger charge is -1.99. The zero-order valence-electron chi connectivity index (χ0n) is 8.83. The Morgan fingerprint density at radius 1 is 1.19 bits per heavy atom. The van der Waals surface area contributed by atoms with Crippen LogP contribution in [0.2, 0.25) is 0 Å². The van der Waals surface area contributed by atoms with Crippen LogP contribution in [0.1, 0.15) is 18.2 Å². The van der Waals surface area contributed by atoms with Gasteiger partial charge in [0.05, 0.1) is 5.33 Å². The van der Waals surface area contributed by atoms with E-state index in [1.807, 2.05) is 24.3 Å². The molecule has 0 saturated heterocycles. The van der Waals surface area contributed by atoms with Crippen molar-refractivity contribution < 1.29 is 8.83 Å². The van der Waals surface area contributed by atoms with Crippen molar-refractivity contribution in [1.29, 1.82) is 0 Å². The number of rotatable bonds is 3. The summed E-state index contributed by atoms with van der Waals surface area (Å²) in [4.78, 5) is 11.0. The first-order valence-corrected chi connectivity index (χ1v) is 6.14. The van der Waals surface area contributed by atoms with Gasteiger partial charge in [-0.1, -0.05) is 47.1 Å². The molecule has 2 aromatic rings. The standard InChI is InChI=1S/C12H11BrO3/c1-2-8-3-5-9(6-4-8)11-10(7-13)15-12(14)16-11/h3-6H,2,7H2,1H3. The Balaban J connectivity index is 2.45. The predicted octanol–water partition coefficient (Wildman–Crippen LogP) is 3.36. The van der Waals surface area contributed by atoms with E-state index in [0.717, 1.165) is 12.0 Å². The first kappa shape index (κ1) is 11.2. The van der Waals surface area contributed by atoms with Crippen LogP contribution < -0.4 is 5.82 Å². The topological polar surface area (TPSA) is 43.4 Å². The minimum Gasteiger partial charge on any atom is -0.394 e. The van der Waals surface area contributed by atoms with Gasteiger partial charge < -0.3 is 8.83 Å². The average Bonchev–Trinajstić information content (AvgIpc) is 2.70. The number of aryl methyl sites for hydroxylation is 1. The molecular formula is C12H11BrO3. The van der Waals surface area contributed by atoms with Crippen LogP contribution in [0.4, 0.5) is 0 Å². The summed E-state index contributed by atoms with van der Waals surface area (Å²) >= 11 is 3.25. The monoisotopic (exact) mass is 282 g/mol. The highest BCUT2D eigenvalue weighted by Crippen LogP contribution is 2.24. The molecular weight excluding hydrogens is 272 g/mol. The summed E-state index contributed by atoms with van der Waals surface area (Å²) in [5.41, 5.74) is 2.10. The molecule has 3 nitrogen and oxygen atoms in total. The molecule has 0 saturated carbocycles. The minimum atomic E-state index is -0.663. The molecule has 84 valence electrons. The maximum absolute atomic E-state index is 11.0. The van der Waals surface area contributed by atoms with Gasteiger partial charge in [-0.25, -0.2) is 4.79 Å². The Kier molecular flexibility index (Phi) is 3.29. The zero-order chi connectivity index (χ0) is 11.5. The van der Waals surface area contributed by atoms with Gasteiger partial charge in [-0.3, -0.25) is 0 Å². The summed E-state index contributed by atoms with van der Waals surface area (Å²) in [6.45, 7) is 2.09. The third-order valence-electron chi connectivity index (χ3n) is 2.39. The van der Waals surface area contributed by atoms with Crippen LogP contribution in [-0.4, -0.2) is 0 Å². The largest absolute Gasteiger partial charge is 0.519 e. The quantitative estimate of drug-likeness (QED) is 0.811. The summed E-state index contributed by atoms with van der Waals surface area (Å²) in [5, 5.41) is 0.462. The molecule has 0 aliphatic heterocycles. The molecule has 4 heteroatoms. The molecule has 1 aromatic heterocycles. The van der Waals surface area contributed by atoms with Gasteiger partial charge in [0.2, 0.25) is 0 Å². The fourth-order valence-corrected chi connectivity index (χ4v) is 1.88. The van der Waals surface area contributed by atoms with Crippen LogP contribution in [0.3, 0.4) is 0 Å². The van der Waals surface area contributed by atoms with E-state index < -0.39 is 5.82 Å². The van der Waals surface area contributed by atoms with Gasteiger partial charge in [0.25, 0.3) is 0 Å². The first-order valence-electron chi connectivity index (χ1n) is 5.02. The second kappa shape index (κ2) is 4.70. The molecule has 1 heterocycles. The lowest BCUT2D eigenvalue weighted by atomic mass is 10.1. The molecule has 0 atom stereocenters. The van der Waals surface area contributed by atoms with Gasteiger partial charge in [-0.2, -0.15) is 0 Å².